The van der Waals surface area contributed by atoms with E-state index in [-0.39, 0.29) is 11.9 Å². The highest BCUT2D eigenvalue weighted by Crippen LogP contribution is 2.43. The minimum atomic E-state index is 0.0420. The van der Waals surface area contributed by atoms with Crippen LogP contribution in [0.4, 0.5) is 5.69 Å². The number of aryl methyl sites for hydroxylation is 1. The third-order valence-corrected chi connectivity index (χ3v) is 7.21. The van der Waals surface area contributed by atoms with E-state index in [0.29, 0.717) is 5.75 Å². The van der Waals surface area contributed by atoms with Crippen LogP contribution in [-0.2, 0) is 4.79 Å². The van der Waals surface area contributed by atoms with Gasteiger partial charge in [0.25, 0.3) is 0 Å². The minimum absolute atomic E-state index is 0.0420. The second kappa shape index (κ2) is 7.82. The van der Waals surface area contributed by atoms with Crippen LogP contribution in [-0.4, -0.2) is 27.6 Å². The highest BCUT2D eigenvalue weighted by molar-refractivity contribution is 8.01. The maximum absolute atomic E-state index is 13.2. The maximum Gasteiger partial charge on any atom is 0.238 e. The van der Waals surface area contributed by atoms with Crippen molar-refractivity contribution in [3.05, 3.63) is 65.2 Å². The van der Waals surface area contributed by atoms with Gasteiger partial charge in [0.2, 0.25) is 5.91 Å². The SMILES string of the molecule is Cc1nnc(SCC(=O)N2c3ccccc3SC[C@@H]2c2ccccc2)s1. The number of rotatable bonds is 4. The average molecular weight is 400 g/mol. The second-order valence-corrected chi connectivity index (χ2v) is 9.31. The molecular formula is C19H17N3OS3. The molecule has 0 radical (unpaired) electrons. The number of carbonyl (C=O) groups is 1. The van der Waals surface area contributed by atoms with E-state index in [1.807, 2.05) is 60.0 Å². The Kier molecular flexibility index (Phi) is 5.28. The molecule has 0 N–H and O–H groups in total. The van der Waals surface area contributed by atoms with Crippen molar-refractivity contribution in [2.45, 2.75) is 22.2 Å². The number of para-hydroxylation sites is 1. The maximum atomic E-state index is 13.2. The van der Waals surface area contributed by atoms with Crippen molar-refractivity contribution in [3.63, 3.8) is 0 Å². The van der Waals surface area contributed by atoms with Crippen LogP contribution in [0.1, 0.15) is 16.6 Å². The lowest BCUT2D eigenvalue weighted by atomic mass is 10.1. The molecule has 0 spiro atoms. The Morgan fingerprint density at radius 3 is 2.69 bits per heavy atom. The fourth-order valence-electron chi connectivity index (χ4n) is 2.95. The number of amides is 1. The lowest BCUT2D eigenvalue weighted by Crippen LogP contribution is -2.39. The van der Waals surface area contributed by atoms with E-state index >= 15 is 0 Å². The van der Waals surface area contributed by atoms with Gasteiger partial charge in [-0.25, -0.2) is 0 Å². The van der Waals surface area contributed by atoms with Crippen molar-refractivity contribution in [1.29, 1.82) is 0 Å². The normalized spacial score (nSPS) is 16.3. The van der Waals surface area contributed by atoms with Crippen molar-refractivity contribution in [2.75, 3.05) is 16.4 Å². The number of nitrogens with zero attached hydrogens (tertiary/aromatic N) is 3. The molecule has 2 heterocycles. The highest BCUT2D eigenvalue weighted by atomic mass is 32.2. The van der Waals surface area contributed by atoms with Crippen LogP contribution >= 0.6 is 34.9 Å². The molecule has 4 rings (SSSR count). The zero-order valence-corrected chi connectivity index (χ0v) is 16.6. The van der Waals surface area contributed by atoms with Crippen molar-refractivity contribution in [2.24, 2.45) is 0 Å². The first-order chi connectivity index (χ1) is 12.7. The Morgan fingerprint density at radius 1 is 1.15 bits per heavy atom. The number of aromatic nitrogens is 2. The number of carbonyl (C=O) groups excluding carboxylic acids is 1. The average Bonchev–Trinajstić information content (AvgIpc) is 3.11. The molecule has 3 aromatic rings. The molecular weight excluding hydrogens is 382 g/mol. The van der Waals surface area contributed by atoms with E-state index in [1.54, 1.807) is 0 Å². The molecule has 1 aromatic heterocycles. The molecule has 132 valence electrons. The number of thioether (sulfide) groups is 2. The first-order valence-corrected chi connectivity index (χ1v) is 11.0. The number of hydrogen-bond acceptors (Lipinski definition) is 6. The molecule has 7 heteroatoms. The zero-order chi connectivity index (χ0) is 17.9. The molecule has 1 aliphatic heterocycles. The van der Waals surface area contributed by atoms with Gasteiger partial charge in [-0.05, 0) is 24.6 Å². The summed E-state index contributed by atoms with van der Waals surface area (Å²) in [5.41, 5.74) is 2.16. The van der Waals surface area contributed by atoms with Gasteiger partial charge in [0.1, 0.15) is 5.01 Å². The predicted octanol–water partition coefficient (Wildman–Crippen LogP) is 4.82. The number of anilines is 1. The van der Waals surface area contributed by atoms with Crippen LogP contribution in [0.25, 0.3) is 0 Å². The van der Waals surface area contributed by atoms with Crippen LogP contribution in [0.5, 0.6) is 0 Å². The summed E-state index contributed by atoms with van der Waals surface area (Å²) in [7, 11) is 0. The standard InChI is InChI=1S/C19H17N3OS3/c1-13-20-21-19(26-13)25-12-18(23)22-15-9-5-6-10-17(15)24-11-16(22)14-7-3-2-4-8-14/h2-10,16H,11-12H2,1H3/t16-/m1/s1. The third kappa shape index (κ3) is 3.65. The number of fused-ring (bicyclic) bond motifs is 1. The Bertz CT molecular complexity index is 913. The topological polar surface area (TPSA) is 46.1 Å². The number of hydrogen-bond donors (Lipinski definition) is 0. The van der Waals surface area contributed by atoms with Gasteiger partial charge >= 0.3 is 0 Å². The van der Waals surface area contributed by atoms with Crippen LogP contribution in [0.2, 0.25) is 0 Å². The molecule has 0 fully saturated rings. The van der Waals surface area contributed by atoms with Gasteiger partial charge in [-0.1, -0.05) is 65.6 Å². The molecule has 1 aliphatic rings. The molecule has 0 saturated heterocycles. The van der Waals surface area contributed by atoms with Gasteiger partial charge in [0, 0.05) is 10.6 Å². The second-order valence-electron chi connectivity index (χ2n) is 5.84. The molecule has 1 amide bonds. The van der Waals surface area contributed by atoms with Crippen LogP contribution < -0.4 is 4.90 Å². The summed E-state index contributed by atoms with van der Waals surface area (Å²) < 4.78 is 0.840. The number of benzene rings is 2. The Labute approximate surface area is 165 Å². The fourth-order valence-corrected chi connectivity index (χ4v) is 5.79. The molecule has 0 unspecified atom stereocenters. The summed E-state index contributed by atoms with van der Waals surface area (Å²) in [4.78, 5) is 16.3. The van der Waals surface area contributed by atoms with Gasteiger partial charge in [-0.15, -0.1) is 22.0 Å². The Morgan fingerprint density at radius 2 is 1.92 bits per heavy atom. The van der Waals surface area contributed by atoms with Gasteiger partial charge in [-0.3, -0.25) is 4.79 Å². The lowest BCUT2D eigenvalue weighted by Gasteiger charge is -2.37. The fraction of sp³-hybridized carbons (Fsp3) is 0.211. The van der Waals surface area contributed by atoms with E-state index in [9.17, 15) is 4.79 Å². The quantitative estimate of drug-likeness (QED) is 0.589. The van der Waals surface area contributed by atoms with E-state index in [0.717, 1.165) is 25.7 Å². The summed E-state index contributed by atoms with van der Waals surface area (Å²) in [5.74, 6) is 1.32. The molecule has 0 aliphatic carbocycles. The van der Waals surface area contributed by atoms with Gasteiger partial charge in [-0.2, -0.15) is 0 Å². The molecule has 26 heavy (non-hydrogen) atoms. The minimum Gasteiger partial charge on any atom is -0.302 e. The van der Waals surface area contributed by atoms with Crippen molar-refractivity contribution < 1.29 is 4.79 Å². The first kappa shape index (κ1) is 17.6. The van der Waals surface area contributed by atoms with E-state index in [1.165, 1.54) is 28.7 Å². The van der Waals surface area contributed by atoms with Crippen molar-refractivity contribution >= 4 is 46.5 Å². The van der Waals surface area contributed by atoms with Crippen molar-refractivity contribution in [1.82, 2.24) is 10.2 Å². The molecule has 1 atom stereocenters. The predicted molar refractivity (Wildman–Crippen MR) is 109 cm³/mol. The summed E-state index contributed by atoms with van der Waals surface area (Å²) >= 11 is 4.80. The molecule has 0 bridgehead atoms. The summed E-state index contributed by atoms with van der Waals surface area (Å²) in [6.07, 6.45) is 0. The Hall–Kier alpha value is -1.83. The van der Waals surface area contributed by atoms with E-state index in [2.05, 4.69) is 28.4 Å². The monoisotopic (exact) mass is 399 g/mol. The molecule has 0 saturated carbocycles. The highest BCUT2D eigenvalue weighted by Gasteiger charge is 2.32. The summed E-state index contributed by atoms with van der Waals surface area (Å²) in [5, 5.41) is 9.05. The smallest absolute Gasteiger partial charge is 0.238 e. The third-order valence-electron chi connectivity index (χ3n) is 4.11. The largest absolute Gasteiger partial charge is 0.302 e. The van der Waals surface area contributed by atoms with Crippen molar-refractivity contribution in [3.8, 4) is 0 Å². The summed E-state index contributed by atoms with van der Waals surface area (Å²) in [6.45, 7) is 1.92. The molecule has 4 nitrogen and oxygen atoms in total. The lowest BCUT2D eigenvalue weighted by molar-refractivity contribution is -0.116. The van der Waals surface area contributed by atoms with E-state index < -0.39 is 0 Å². The van der Waals surface area contributed by atoms with Crippen LogP contribution in [0.15, 0.2) is 63.8 Å². The van der Waals surface area contributed by atoms with Crippen LogP contribution in [0.3, 0.4) is 0 Å². The van der Waals surface area contributed by atoms with E-state index in [4.69, 9.17) is 0 Å². The van der Waals surface area contributed by atoms with Gasteiger partial charge in [0.05, 0.1) is 17.5 Å². The first-order valence-electron chi connectivity index (χ1n) is 8.24. The Balaban J connectivity index is 1.62. The van der Waals surface area contributed by atoms with Gasteiger partial charge in [0.15, 0.2) is 4.34 Å². The van der Waals surface area contributed by atoms with Crippen LogP contribution in [0, 0.1) is 6.92 Å². The molecule has 2 aromatic carbocycles. The zero-order valence-electron chi connectivity index (χ0n) is 14.2. The summed E-state index contributed by atoms with van der Waals surface area (Å²) in [6, 6.07) is 18.4. The van der Waals surface area contributed by atoms with Gasteiger partial charge < -0.3 is 4.90 Å².